The summed E-state index contributed by atoms with van der Waals surface area (Å²) in [5.41, 5.74) is 0.615. The van der Waals surface area contributed by atoms with Gasteiger partial charge in [-0.2, -0.15) is 0 Å². The van der Waals surface area contributed by atoms with Crippen LogP contribution in [0.2, 0.25) is 5.02 Å². The Labute approximate surface area is 171 Å². The van der Waals surface area contributed by atoms with E-state index >= 15 is 0 Å². The minimum absolute atomic E-state index is 0.0358. The van der Waals surface area contributed by atoms with Gasteiger partial charge in [0.2, 0.25) is 0 Å². The Morgan fingerprint density at radius 1 is 0.966 bits per heavy atom. The van der Waals surface area contributed by atoms with Crippen LogP contribution in [0.5, 0.6) is 5.75 Å². The summed E-state index contributed by atoms with van der Waals surface area (Å²) in [6.07, 6.45) is 0. The van der Waals surface area contributed by atoms with Gasteiger partial charge < -0.3 is 10.1 Å². The number of amides is 1. The average Bonchev–Trinajstić information content (AvgIpc) is 2.73. The van der Waals surface area contributed by atoms with Crippen LogP contribution in [0, 0.1) is 10.1 Å². The zero-order valence-corrected chi connectivity index (χ0v) is 15.8. The summed E-state index contributed by atoms with van der Waals surface area (Å²) in [6.45, 7) is -0.149. The fourth-order valence-electron chi connectivity index (χ4n) is 2.53. The van der Waals surface area contributed by atoms with Crippen LogP contribution in [0.1, 0.15) is 20.7 Å². The highest BCUT2D eigenvalue weighted by molar-refractivity contribution is 6.30. The molecule has 0 aliphatic rings. The smallest absolute Gasteiger partial charge is 0.282 e. The molecule has 1 amide bonds. The molecule has 3 aromatic carbocycles. The van der Waals surface area contributed by atoms with E-state index in [4.69, 9.17) is 16.3 Å². The second-order valence-corrected chi connectivity index (χ2v) is 6.41. The summed E-state index contributed by atoms with van der Waals surface area (Å²) in [6, 6.07) is 18.5. The van der Waals surface area contributed by atoms with Crippen LogP contribution >= 0.6 is 11.6 Å². The van der Waals surface area contributed by atoms with Crippen molar-refractivity contribution in [3.63, 3.8) is 0 Å². The number of carbonyl (C=O) groups excluding carboxylic acids is 2. The molecule has 0 saturated carbocycles. The third-order valence-electron chi connectivity index (χ3n) is 3.99. The van der Waals surface area contributed by atoms with Crippen molar-refractivity contribution >= 4 is 34.7 Å². The van der Waals surface area contributed by atoms with Gasteiger partial charge in [-0.05, 0) is 54.6 Å². The van der Waals surface area contributed by atoms with Gasteiger partial charge in [-0.15, -0.1) is 0 Å². The lowest BCUT2D eigenvalue weighted by Crippen LogP contribution is -2.14. The number of nitro benzene ring substituents is 1. The first-order valence-corrected chi connectivity index (χ1v) is 8.88. The van der Waals surface area contributed by atoms with Crippen molar-refractivity contribution in [1.29, 1.82) is 0 Å². The van der Waals surface area contributed by atoms with Gasteiger partial charge in [-0.1, -0.05) is 23.7 Å². The molecule has 0 bridgehead atoms. The number of halogens is 1. The Bertz CT molecular complexity index is 1050. The van der Waals surface area contributed by atoms with E-state index in [2.05, 4.69) is 5.32 Å². The second kappa shape index (κ2) is 8.99. The van der Waals surface area contributed by atoms with Crippen molar-refractivity contribution in [2.45, 2.75) is 0 Å². The quantitative estimate of drug-likeness (QED) is 0.344. The Balaban J connectivity index is 1.60. The zero-order valence-electron chi connectivity index (χ0n) is 15.0. The maximum atomic E-state index is 12.3. The third-order valence-corrected chi connectivity index (χ3v) is 4.25. The number of nitrogens with one attached hydrogen (secondary N) is 1. The number of ether oxygens (including phenoxy) is 1. The van der Waals surface area contributed by atoms with E-state index in [1.165, 1.54) is 18.2 Å². The molecule has 0 heterocycles. The minimum atomic E-state index is -0.608. The van der Waals surface area contributed by atoms with Crippen LogP contribution in [0.3, 0.4) is 0 Å². The Kier molecular flexibility index (Phi) is 6.21. The molecule has 0 unspecified atom stereocenters. The molecule has 29 heavy (non-hydrogen) atoms. The lowest BCUT2D eigenvalue weighted by Gasteiger charge is -2.08. The second-order valence-electron chi connectivity index (χ2n) is 5.97. The molecule has 3 aromatic rings. The molecule has 3 rings (SSSR count). The monoisotopic (exact) mass is 410 g/mol. The molecule has 1 N–H and O–H groups in total. The molecule has 0 fully saturated rings. The lowest BCUT2D eigenvalue weighted by atomic mass is 10.1. The summed E-state index contributed by atoms with van der Waals surface area (Å²) in [5, 5.41) is 14.2. The van der Waals surface area contributed by atoms with Gasteiger partial charge in [0, 0.05) is 22.3 Å². The number of nitrogens with zero attached hydrogens (tertiary/aromatic N) is 1. The Hall–Kier alpha value is -3.71. The van der Waals surface area contributed by atoms with Crippen molar-refractivity contribution in [3.8, 4) is 5.75 Å². The molecule has 8 heteroatoms. The number of hydrogen-bond acceptors (Lipinski definition) is 5. The highest BCUT2D eigenvalue weighted by atomic mass is 35.5. The molecule has 0 aromatic heterocycles. The predicted octanol–water partition coefficient (Wildman–Crippen LogP) is 4.76. The van der Waals surface area contributed by atoms with E-state index in [-0.39, 0.29) is 23.6 Å². The van der Waals surface area contributed by atoms with E-state index in [9.17, 15) is 19.7 Å². The van der Waals surface area contributed by atoms with Gasteiger partial charge in [0.15, 0.2) is 12.4 Å². The fourth-order valence-corrected chi connectivity index (χ4v) is 2.65. The number of anilines is 1. The van der Waals surface area contributed by atoms with Gasteiger partial charge >= 0.3 is 0 Å². The first-order valence-electron chi connectivity index (χ1n) is 8.50. The number of Topliss-reactive ketones (excluding diaryl/α,β-unsaturated/α-hetero) is 1. The molecule has 146 valence electrons. The summed E-state index contributed by atoms with van der Waals surface area (Å²) in [7, 11) is 0. The lowest BCUT2D eigenvalue weighted by molar-refractivity contribution is -0.385. The zero-order chi connectivity index (χ0) is 20.8. The van der Waals surface area contributed by atoms with Crippen LogP contribution in [0.4, 0.5) is 11.4 Å². The number of hydrogen-bond donors (Lipinski definition) is 1. The van der Waals surface area contributed by atoms with E-state index in [0.29, 0.717) is 22.0 Å². The normalized spacial score (nSPS) is 10.2. The van der Waals surface area contributed by atoms with Crippen LogP contribution in [0.15, 0.2) is 72.8 Å². The predicted molar refractivity (Wildman–Crippen MR) is 109 cm³/mol. The van der Waals surface area contributed by atoms with Crippen LogP contribution < -0.4 is 10.1 Å². The van der Waals surface area contributed by atoms with Crippen molar-refractivity contribution in [2.75, 3.05) is 11.9 Å². The molecule has 0 saturated heterocycles. The number of rotatable bonds is 7. The van der Waals surface area contributed by atoms with E-state index in [0.717, 1.165) is 0 Å². The molecule has 7 nitrogen and oxygen atoms in total. The molecule has 0 radical (unpaired) electrons. The molecule has 0 aliphatic carbocycles. The van der Waals surface area contributed by atoms with E-state index in [1.807, 2.05) is 0 Å². The standard InChI is InChI=1S/C21H15ClN2O5/c22-15-7-5-14(6-8-15)20(25)13-29-17-11-9-16(10-12-17)23-21(26)18-3-1-2-4-19(18)24(27)28/h1-12H,13H2,(H,23,26). The van der Waals surface area contributed by atoms with Gasteiger partial charge in [-0.3, -0.25) is 19.7 Å². The maximum Gasteiger partial charge on any atom is 0.282 e. The van der Waals surface area contributed by atoms with Gasteiger partial charge in [0.05, 0.1) is 4.92 Å². The summed E-state index contributed by atoms with van der Waals surface area (Å²) in [5.74, 6) is -0.352. The summed E-state index contributed by atoms with van der Waals surface area (Å²) in [4.78, 5) is 34.9. The number of carbonyl (C=O) groups is 2. The maximum absolute atomic E-state index is 12.3. The molecule has 0 spiro atoms. The Morgan fingerprint density at radius 3 is 2.28 bits per heavy atom. The SMILES string of the molecule is O=C(COc1ccc(NC(=O)c2ccccc2[N+](=O)[O-])cc1)c1ccc(Cl)cc1. The first kappa shape index (κ1) is 20.0. The highest BCUT2D eigenvalue weighted by Crippen LogP contribution is 2.21. The van der Waals surface area contributed by atoms with Crippen molar-refractivity contribution < 1.29 is 19.2 Å². The largest absolute Gasteiger partial charge is 0.485 e. The number of nitro groups is 1. The van der Waals surface area contributed by atoms with Gasteiger partial charge in [0.1, 0.15) is 11.3 Å². The van der Waals surface area contributed by atoms with Gasteiger partial charge in [-0.25, -0.2) is 0 Å². The summed E-state index contributed by atoms with van der Waals surface area (Å²) < 4.78 is 5.46. The van der Waals surface area contributed by atoms with Crippen LogP contribution in [-0.4, -0.2) is 23.2 Å². The Morgan fingerprint density at radius 2 is 1.62 bits per heavy atom. The van der Waals surface area contributed by atoms with Crippen LogP contribution in [0.25, 0.3) is 0 Å². The fraction of sp³-hybridized carbons (Fsp3) is 0.0476. The minimum Gasteiger partial charge on any atom is -0.485 e. The molecule has 0 aliphatic heterocycles. The number of benzene rings is 3. The molecule has 0 atom stereocenters. The average molecular weight is 411 g/mol. The topological polar surface area (TPSA) is 98.5 Å². The van der Waals surface area contributed by atoms with Crippen molar-refractivity contribution in [2.24, 2.45) is 0 Å². The van der Waals surface area contributed by atoms with Crippen LogP contribution in [-0.2, 0) is 0 Å². The summed E-state index contributed by atoms with van der Waals surface area (Å²) >= 11 is 5.80. The first-order chi connectivity index (χ1) is 13.9. The van der Waals surface area contributed by atoms with Crippen molar-refractivity contribution in [3.05, 3.63) is 99.1 Å². The number of ketones is 1. The van der Waals surface area contributed by atoms with E-state index < -0.39 is 10.8 Å². The third kappa shape index (κ3) is 5.18. The highest BCUT2D eigenvalue weighted by Gasteiger charge is 2.19. The molecular weight excluding hydrogens is 396 g/mol. The van der Waals surface area contributed by atoms with Gasteiger partial charge in [0.25, 0.3) is 11.6 Å². The van der Waals surface area contributed by atoms with E-state index in [1.54, 1.807) is 54.6 Å². The van der Waals surface area contributed by atoms with Crippen molar-refractivity contribution in [1.82, 2.24) is 0 Å². The number of para-hydroxylation sites is 1. The molecular formula is C21H15ClN2O5.